The van der Waals surface area contributed by atoms with Gasteiger partial charge >= 0.3 is 0 Å². The van der Waals surface area contributed by atoms with Gasteiger partial charge in [-0.15, -0.1) is 0 Å². The lowest BCUT2D eigenvalue weighted by molar-refractivity contribution is -0.149. The van der Waals surface area contributed by atoms with Crippen LogP contribution >= 0.6 is 0 Å². The van der Waals surface area contributed by atoms with Crippen LogP contribution in [0.4, 0.5) is 0 Å². The molecule has 3 heteroatoms. The first-order valence-corrected chi connectivity index (χ1v) is 7.24. The first kappa shape index (κ1) is 12.9. The Bertz CT molecular complexity index is 253. The van der Waals surface area contributed by atoms with E-state index in [9.17, 15) is 4.79 Å². The van der Waals surface area contributed by atoms with Crippen molar-refractivity contribution in [2.75, 3.05) is 13.2 Å². The third-order valence-corrected chi connectivity index (χ3v) is 4.05. The summed E-state index contributed by atoms with van der Waals surface area (Å²) in [7, 11) is 0. The van der Waals surface area contributed by atoms with E-state index in [1.165, 1.54) is 25.7 Å². The second kappa shape index (κ2) is 6.39. The predicted molar refractivity (Wildman–Crippen MR) is 67.9 cm³/mol. The summed E-state index contributed by atoms with van der Waals surface area (Å²) in [4.78, 5) is 14.3. The van der Waals surface area contributed by atoms with E-state index in [1.54, 1.807) is 0 Å². The zero-order valence-electron chi connectivity index (χ0n) is 11.0. The van der Waals surface area contributed by atoms with Crippen LogP contribution in [0.15, 0.2) is 0 Å². The minimum Gasteiger partial charge on any atom is -0.374 e. The quantitative estimate of drug-likeness (QED) is 0.706. The molecule has 1 saturated heterocycles. The number of ether oxygens (including phenoxy) is 1. The maximum Gasteiger partial charge on any atom is 0.222 e. The van der Waals surface area contributed by atoms with Crippen LogP contribution in [-0.2, 0) is 9.53 Å². The van der Waals surface area contributed by atoms with Crippen molar-refractivity contribution in [3.05, 3.63) is 0 Å². The summed E-state index contributed by atoms with van der Waals surface area (Å²) < 4.78 is 5.79. The van der Waals surface area contributed by atoms with Crippen molar-refractivity contribution in [2.24, 2.45) is 0 Å². The first-order chi connectivity index (χ1) is 8.33. The highest BCUT2D eigenvalue weighted by Gasteiger charge is 2.36. The van der Waals surface area contributed by atoms with Crippen LogP contribution in [0.5, 0.6) is 0 Å². The second-order valence-electron chi connectivity index (χ2n) is 5.31. The van der Waals surface area contributed by atoms with Gasteiger partial charge in [-0.05, 0) is 19.3 Å². The fraction of sp³-hybridized carbons (Fsp3) is 0.929. The van der Waals surface area contributed by atoms with Crippen molar-refractivity contribution >= 4 is 5.91 Å². The molecule has 0 radical (unpaired) electrons. The molecule has 3 nitrogen and oxygen atoms in total. The van der Waals surface area contributed by atoms with Crippen LogP contribution in [-0.4, -0.2) is 36.1 Å². The van der Waals surface area contributed by atoms with Crippen molar-refractivity contribution in [1.29, 1.82) is 0 Å². The Balaban J connectivity index is 1.87. The molecule has 0 aromatic rings. The second-order valence-corrected chi connectivity index (χ2v) is 5.31. The minimum absolute atomic E-state index is 0.327. The van der Waals surface area contributed by atoms with Crippen molar-refractivity contribution in [3.63, 3.8) is 0 Å². The van der Waals surface area contributed by atoms with E-state index >= 15 is 0 Å². The number of hydrogen-bond donors (Lipinski definition) is 0. The number of nitrogens with zero attached hydrogens (tertiary/aromatic N) is 1. The van der Waals surface area contributed by atoms with E-state index in [4.69, 9.17) is 4.74 Å². The van der Waals surface area contributed by atoms with Crippen molar-refractivity contribution < 1.29 is 9.53 Å². The number of carbonyl (C=O) groups excluding carboxylic acids is 1. The summed E-state index contributed by atoms with van der Waals surface area (Å²) in [5, 5.41) is 0. The molecule has 1 saturated carbocycles. The Morgan fingerprint density at radius 2 is 2.12 bits per heavy atom. The molecule has 0 bridgehead atoms. The topological polar surface area (TPSA) is 29.5 Å². The van der Waals surface area contributed by atoms with Crippen LogP contribution in [0.2, 0.25) is 0 Å². The third-order valence-electron chi connectivity index (χ3n) is 4.05. The van der Waals surface area contributed by atoms with E-state index < -0.39 is 0 Å². The molecule has 1 amide bonds. The van der Waals surface area contributed by atoms with Crippen LogP contribution in [0.1, 0.15) is 58.3 Å². The van der Waals surface area contributed by atoms with E-state index in [0.29, 0.717) is 18.1 Å². The normalized spacial score (nSPS) is 28.9. The van der Waals surface area contributed by atoms with Gasteiger partial charge in [-0.1, -0.05) is 32.6 Å². The first-order valence-electron chi connectivity index (χ1n) is 7.24. The fourth-order valence-corrected chi connectivity index (χ4v) is 3.08. The highest BCUT2D eigenvalue weighted by molar-refractivity contribution is 5.76. The molecule has 98 valence electrons. The molecule has 2 rings (SSSR count). The number of amides is 1. The molecule has 2 unspecified atom stereocenters. The molecule has 17 heavy (non-hydrogen) atoms. The summed E-state index contributed by atoms with van der Waals surface area (Å²) in [6.07, 6.45) is 9.26. The molecule has 2 aliphatic rings. The fourth-order valence-electron chi connectivity index (χ4n) is 3.08. The van der Waals surface area contributed by atoms with Gasteiger partial charge < -0.3 is 9.64 Å². The average Bonchev–Trinajstić information content (AvgIpc) is 2.38. The SMILES string of the molecule is CCCCCC(=O)N1CCOC2CCCCC21. The molecular weight excluding hydrogens is 214 g/mol. The maximum atomic E-state index is 12.2. The molecule has 1 aliphatic heterocycles. The van der Waals surface area contributed by atoms with Crippen molar-refractivity contribution in [3.8, 4) is 0 Å². The lowest BCUT2D eigenvalue weighted by Crippen LogP contribution is -2.54. The lowest BCUT2D eigenvalue weighted by atomic mass is 9.90. The molecule has 0 N–H and O–H groups in total. The number of morpholine rings is 1. The third kappa shape index (κ3) is 3.21. The van der Waals surface area contributed by atoms with Gasteiger partial charge in [0.1, 0.15) is 0 Å². The summed E-state index contributed by atoms with van der Waals surface area (Å²) in [5.74, 6) is 0.360. The van der Waals surface area contributed by atoms with Crippen LogP contribution < -0.4 is 0 Å². The Hall–Kier alpha value is -0.570. The maximum absolute atomic E-state index is 12.2. The molecule has 1 aliphatic carbocycles. The van der Waals surface area contributed by atoms with Gasteiger partial charge in [0.15, 0.2) is 0 Å². The summed E-state index contributed by atoms with van der Waals surface area (Å²) in [5.41, 5.74) is 0. The van der Waals surface area contributed by atoms with Gasteiger partial charge in [0.05, 0.1) is 18.8 Å². The average molecular weight is 239 g/mol. The van der Waals surface area contributed by atoms with E-state index in [-0.39, 0.29) is 0 Å². The van der Waals surface area contributed by atoms with Crippen molar-refractivity contribution in [2.45, 2.75) is 70.4 Å². The zero-order chi connectivity index (χ0) is 12.1. The van der Waals surface area contributed by atoms with E-state index in [1.807, 2.05) is 0 Å². The Morgan fingerprint density at radius 3 is 2.94 bits per heavy atom. The van der Waals surface area contributed by atoms with E-state index in [0.717, 1.165) is 38.8 Å². The largest absolute Gasteiger partial charge is 0.374 e. The molecule has 0 aromatic carbocycles. The highest BCUT2D eigenvalue weighted by Crippen LogP contribution is 2.28. The molecule has 2 fully saturated rings. The molecule has 0 aromatic heterocycles. The lowest BCUT2D eigenvalue weighted by Gasteiger charge is -2.43. The predicted octanol–water partition coefficient (Wildman–Crippen LogP) is 2.74. The smallest absolute Gasteiger partial charge is 0.222 e. The van der Waals surface area contributed by atoms with Gasteiger partial charge in [0.2, 0.25) is 5.91 Å². The van der Waals surface area contributed by atoms with Gasteiger partial charge in [-0.2, -0.15) is 0 Å². The zero-order valence-corrected chi connectivity index (χ0v) is 11.0. The summed E-state index contributed by atoms with van der Waals surface area (Å²) in [6, 6.07) is 0.381. The number of hydrogen-bond acceptors (Lipinski definition) is 2. The summed E-state index contributed by atoms with van der Waals surface area (Å²) in [6.45, 7) is 3.73. The Kier molecular flexibility index (Phi) is 4.84. The van der Waals surface area contributed by atoms with Crippen LogP contribution in [0.3, 0.4) is 0 Å². The monoisotopic (exact) mass is 239 g/mol. The molecular formula is C14H25NO2. The van der Waals surface area contributed by atoms with Crippen LogP contribution in [0.25, 0.3) is 0 Å². The highest BCUT2D eigenvalue weighted by atomic mass is 16.5. The van der Waals surface area contributed by atoms with Gasteiger partial charge in [0.25, 0.3) is 0 Å². The van der Waals surface area contributed by atoms with Crippen molar-refractivity contribution in [1.82, 2.24) is 4.90 Å². The van der Waals surface area contributed by atoms with Gasteiger partial charge in [0, 0.05) is 13.0 Å². The number of fused-ring (bicyclic) bond motifs is 1. The van der Waals surface area contributed by atoms with Crippen LogP contribution in [0, 0.1) is 0 Å². The standard InChI is InChI=1S/C14H25NO2/c1-2-3-4-9-14(16)15-10-11-17-13-8-6-5-7-12(13)15/h12-13H,2-11H2,1H3. The number of rotatable bonds is 4. The number of unbranched alkanes of at least 4 members (excludes halogenated alkanes) is 2. The van der Waals surface area contributed by atoms with Gasteiger partial charge in [-0.25, -0.2) is 0 Å². The molecule has 1 heterocycles. The Morgan fingerprint density at radius 1 is 1.29 bits per heavy atom. The molecule has 0 spiro atoms. The van der Waals surface area contributed by atoms with E-state index in [2.05, 4.69) is 11.8 Å². The molecule has 2 atom stereocenters. The summed E-state index contributed by atoms with van der Waals surface area (Å²) >= 11 is 0. The minimum atomic E-state index is 0.327. The number of carbonyl (C=O) groups is 1. The van der Waals surface area contributed by atoms with Gasteiger partial charge in [-0.3, -0.25) is 4.79 Å². The Labute approximate surface area is 105 Å².